The van der Waals surface area contributed by atoms with Crippen molar-refractivity contribution >= 4 is 11.7 Å². The van der Waals surface area contributed by atoms with E-state index in [1.54, 1.807) is 0 Å². The van der Waals surface area contributed by atoms with E-state index in [1.807, 2.05) is 0 Å². The third-order valence-electron chi connectivity index (χ3n) is 3.32. The topological polar surface area (TPSA) is 129 Å². The third-order valence-corrected chi connectivity index (χ3v) is 3.32. The minimum absolute atomic E-state index is 0.102. The fourth-order valence-electron chi connectivity index (χ4n) is 2.07. The van der Waals surface area contributed by atoms with Crippen LogP contribution in [0.3, 0.4) is 0 Å². The number of rotatable bonds is 9. The molecule has 0 aliphatic heterocycles. The molecular weight excluding hydrogens is 317 g/mol. The van der Waals surface area contributed by atoms with Crippen LogP contribution in [0.4, 0.5) is 4.39 Å². The van der Waals surface area contributed by atoms with Gasteiger partial charge in [0.25, 0.3) is 5.91 Å². The second-order valence-corrected chi connectivity index (χ2v) is 5.11. The number of tetrazole rings is 1. The highest BCUT2D eigenvalue weighted by atomic mass is 19.1. The maximum Gasteiger partial charge on any atom is 0.253 e. The Kier molecular flexibility index (Phi) is 6.43. The number of Topliss-reactive ketones (excluding diaryl/α,β-unsaturated/α-hetero) is 1. The van der Waals surface area contributed by atoms with Gasteiger partial charge in [-0.05, 0) is 43.2 Å². The molecule has 0 saturated carbocycles. The molecule has 3 N–H and O–H groups in total. The molecule has 0 aliphatic rings. The monoisotopic (exact) mass is 335 g/mol. The van der Waals surface area contributed by atoms with Gasteiger partial charge >= 0.3 is 0 Å². The Balaban J connectivity index is 2.02. The van der Waals surface area contributed by atoms with Crippen molar-refractivity contribution in [2.45, 2.75) is 31.8 Å². The number of halogens is 1. The number of hydrogen-bond donors (Lipinski definition) is 2. The van der Waals surface area contributed by atoms with E-state index >= 15 is 0 Å². The van der Waals surface area contributed by atoms with Gasteiger partial charge in [-0.25, -0.2) is 4.98 Å². The molecule has 2 aromatic rings. The SMILES string of the molecule is NCCCC[C@H](NC(=O)c1ccc(F)nc1)C(=O)Cn1ncnn1. The lowest BCUT2D eigenvalue weighted by Crippen LogP contribution is -2.42. The predicted molar refractivity (Wildman–Crippen MR) is 81.2 cm³/mol. The molecule has 0 spiro atoms. The second-order valence-electron chi connectivity index (χ2n) is 5.11. The van der Waals surface area contributed by atoms with E-state index in [2.05, 4.69) is 25.7 Å². The number of unbranched alkanes of at least 4 members (excludes halogenated alkanes) is 1. The molecule has 0 unspecified atom stereocenters. The maximum atomic E-state index is 12.8. The third kappa shape index (κ3) is 5.16. The standard InChI is InChI=1S/C14H18FN7O2/c15-13-5-4-10(7-17-13)14(24)20-11(3-1-2-6-16)12(23)8-22-19-9-18-21-22/h4-5,7,9,11H,1-3,6,8,16H2,(H,20,24)/t11-/m0/s1. The predicted octanol–water partition coefficient (Wildman–Crippen LogP) is -0.296. The van der Waals surface area contributed by atoms with Crippen molar-refractivity contribution in [3.05, 3.63) is 36.2 Å². The lowest BCUT2D eigenvalue weighted by atomic mass is 10.0. The molecule has 0 aliphatic carbocycles. The van der Waals surface area contributed by atoms with Crippen LogP contribution in [0.25, 0.3) is 0 Å². The molecule has 1 atom stereocenters. The van der Waals surface area contributed by atoms with Crippen molar-refractivity contribution < 1.29 is 14.0 Å². The Morgan fingerprint density at radius 2 is 2.17 bits per heavy atom. The number of nitrogens with one attached hydrogen (secondary N) is 1. The quantitative estimate of drug-likeness (QED) is 0.475. The first-order chi connectivity index (χ1) is 11.6. The van der Waals surface area contributed by atoms with E-state index in [0.717, 1.165) is 23.5 Å². The van der Waals surface area contributed by atoms with Crippen LogP contribution in [-0.4, -0.2) is 49.5 Å². The molecule has 10 heteroatoms. The van der Waals surface area contributed by atoms with Crippen LogP contribution in [0.1, 0.15) is 29.6 Å². The highest BCUT2D eigenvalue weighted by Crippen LogP contribution is 2.06. The van der Waals surface area contributed by atoms with Crippen LogP contribution in [0, 0.1) is 5.95 Å². The number of nitrogens with zero attached hydrogens (tertiary/aromatic N) is 5. The number of aromatic nitrogens is 5. The minimum atomic E-state index is -0.722. The zero-order chi connectivity index (χ0) is 17.4. The second kappa shape index (κ2) is 8.77. The number of carbonyl (C=O) groups is 2. The van der Waals surface area contributed by atoms with Crippen molar-refractivity contribution in [3.63, 3.8) is 0 Å². The van der Waals surface area contributed by atoms with Crippen molar-refractivity contribution in [2.24, 2.45) is 5.73 Å². The Bertz CT molecular complexity index is 660. The summed E-state index contributed by atoms with van der Waals surface area (Å²) in [6.07, 6.45) is 4.19. The van der Waals surface area contributed by atoms with E-state index in [-0.39, 0.29) is 17.9 Å². The van der Waals surface area contributed by atoms with E-state index in [1.165, 1.54) is 12.4 Å². The van der Waals surface area contributed by atoms with Crippen LogP contribution >= 0.6 is 0 Å². The molecule has 2 aromatic heterocycles. The van der Waals surface area contributed by atoms with Crippen molar-refractivity contribution in [1.82, 2.24) is 30.5 Å². The van der Waals surface area contributed by atoms with Crippen LogP contribution in [0.2, 0.25) is 0 Å². The largest absolute Gasteiger partial charge is 0.342 e. The maximum absolute atomic E-state index is 12.8. The Hall–Kier alpha value is -2.75. The van der Waals surface area contributed by atoms with Crippen molar-refractivity contribution in [1.29, 1.82) is 0 Å². The molecule has 0 saturated heterocycles. The van der Waals surface area contributed by atoms with Crippen LogP contribution in [0.5, 0.6) is 0 Å². The van der Waals surface area contributed by atoms with E-state index in [0.29, 0.717) is 19.4 Å². The van der Waals surface area contributed by atoms with Crippen LogP contribution < -0.4 is 11.1 Å². The molecule has 0 radical (unpaired) electrons. The van der Waals surface area contributed by atoms with Gasteiger partial charge in [-0.2, -0.15) is 9.19 Å². The first-order valence-corrected chi connectivity index (χ1v) is 7.46. The lowest BCUT2D eigenvalue weighted by molar-refractivity contribution is -0.122. The molecule has 9 nitrogen and oxygen atoms in total. The highest BCUT2D eigenvalue weighted by Gasteiger charge is 2.22. The van der Waals surface area contributed by atoms with Crippen molar-refractivity contribution in [3.8, 4) is 0 Å². The number of pyridine rings is 1. The minimum Gasteiger partial charge on any atom is -0.342 e. The summed E-state index contributed by atoms with van der Waals surface area (Å²) >= 11 is 0. The van der Waals surface area contributed by atoms with Crippen LogP contribution in [0.15, 0.2) is 24.7 Å². The summed E-state index contributed by atoms with van der Waals surface area (Å²) < 4.78 is 12.8. The Morgan fingerprint density at radius 1 is 1.33 bits per heavy atom. The summed E-state index contributed by atoms with van der Waals surface area (Å²) in [5.41, 5.74) is 5.63. The van der Waals surface area contributed by atoms with Gasteiger partial charge in [0.05, 0.1) is 11.6 Å². The van der Waals surface area contributed by atoms with Gasteiger partial charge in [0, 0.05) is 6.20 Å². The molecule has 1 amide bonds. The summed E-state index contributed by atoms with van der Waals surface area (Å²) in [4.78, 5) is 29.2. The molecule has 2 heterocycles. The summed E-state index contributed by atoms with van der Waals surface area (Å²) in [7, 11) is 0. The molecule has 0 fully saturated rings. The van der Waals surface area contributed by atoms with Gasteiger partial charge in [-0.1, -0.05) is 0 Å². The average molecular weight is 335 g/mol. The van der Waals surface area contributed by atoms with Gasteiger partial charge in [-0.15, -0.1) is 10.2 Å². The number of hydrogen-bond acceptors (Lipinski definition) is 7. The summed E-state index contributed by atoms with van der Waals surface area (Å²) in [6, 6.07) is 1.66. The number of ketones is 1. The Labute approximate surface area is 137 Å². The fourth-order valence-corrected chi connectivity index (χ4v) is 2.07. The van der Waals surface area contributed by atoms with E-state index in [9.17, 15) is 14.0 Å². The summed E-state index contributed by atoms with van der Waals surface area (Å²) in [5, 5.41) is 13.6. The number of amides is 1. The lowest BCUT2D eigenvalue weighted by Gasteiger charge is -2.17. The van der Waals surface area contributed by atoms with Gasteiger partial charge in [-0.3, -0.25) is 9.59 Å². The van der Waals surface area contributed by atoms with Crippen LogP contribution in [-0.2, 0) is 11.3 Å². The molecular formula is C14H18FN7O2. The molecule has 24 heavy (non-hydrogen) atoms. The number of carbonyl (C=O) groups excluding carboxylic acids is 2. The van der Waals surface area contributed by atoms with E-state index < -0.39 is 17.9 Å². The first kappa shape index (κ1) is 17.6. The van der Waals surface area contributed by atoms with E-state index in [4.69, 9.17) is 5.73 Å². The first-order valence-electron chi connectivity index (χ1n) is 7.46. The summed E-state index contributed by atoms with van der Waals surface area (Å²) in [5.74, 6) is -1.44. The zero-order valence-electron chi connectivity index (χ0n) is 12.9. The smallest absolute Gasteiger partial charge is 0.253 e. The molecule has 0 bridgehead atoms. The summed E-state index contributed by atoms with van der Waals surface area (Å²) in [6.45, 7) is 0.399. The fraction of sp³-hybridized carbons (Fsp3) is 0.429. The van der Waals surface area contributed by atoms with Gasteiger partial charge in [0.2, 0.25) is 5.95 Å². The van der Waals surface area contributed by atoms with Crippen molar-refractivity contribution in [2.75, 3.05) is 6.54 Å². The number of nitrogens with two attached hydrogens (primary N) is 1. The molecule has 2 rings (SSSR count). The molecule has 0 aromatic carbocycles. The van der Waals surface area contributed by atoms with Gasteiger partial charge < -0.3 is 11.1 Å². The average Bonchev–Trinajstić information content (AvgIpc) is 3.07. The Morgan fingerprint density at radius 3 is 2.79 bits per heavy atom. The molecule has 128 valence electrons. The zero-order valence-corrected chi connectivity index (χ0v) is 12.9. The van der Waals surface area contributed by atoms with Gasteiger partial charge in [0.15, 0.2) is 12.1 Å². The normalized spacial score (nSPS) is 11.9. The highest BCUT2D eigenvalue weighted by molar-refractivity contribution is 5.97. The van der Waals surface area contributed by atoms with Gasteiger partial charge in [0.1, 0.15) is 6.54 Å².